The first-order chi connectivity index (χ1) is 17.3. The zero-order chi connectivity index (χ0) is 27.6. The maximum absolute atomic E-state index is 13.9. The van der Waals surface area contributed by atoms with Gasteiger partial charge in [-0.05, 0) is 44.5 Å². The Kier molecular flexibility index (Phi) is 6.29. The van der Waals surface area contributed by atoms with Crippen molar-refractivity contribution in [1.82, 2.24) is 4.90 Å². The van der Waals surface area contributed by atoms with Gasteiger partial charge in [0.1, 0.15) is 30.0 Å². The Balaban J connectivity index is 2.01. The Bertz CT molecular complexity index is 1310. The molecule has 1 aromatic carbocycles. The Hall–Kier alpha value is -3.90. The number of nitrogens with two attached hydrogens (primary N) is 1. The zero-order valence-corrected chi connectivity index (χ0v) is 21.1. The molecule has 0 radical (unpaired) electrons. The number of ketones is 2. The topological polar surface area (TPSA) is 186 Å². The fraction of sp³-hybridized carbons (Fsp3) is 0.440. The van der Waals surface area contributed by atoms with E-state index in [2.05, 4.69) is 5.16 Å². The summed E-state index contributed by atoms with van der Waals surface area (Å²) in [5, 5.41) is 48.7. The van der Waals surface area contributed by atoms with Gasteiger partial charge in [0, 0.05) is 36.8 Å². The molecule has 3 aliphatic rings. The summed E-state index contributed by atoms with van der Waals surface area (Å²) in [6.07, 6.45) is 1.46. The lowest BCUT2D eigenvalue weighted by Gasteiger charge is -2.50. The summed E-state index contributed by atoms with van der Waals surface area (Å²) in [5.74, 6) is -6.95. The number of primary amides is 1. The molecule has 1 aromatic rings. The van der Waals surface area contributed by atoms with Crippen molar-refractivity contribution in [2.24, 2.45) is 22.7 Å². The van der Waals surface area contributed by atoms with Gasteiger partial charge in [-0.15, -0.1) is 0 Å². The number of nitrogens with zero attached hydrogens (tertiary/aromatic N) is 3. The Morgan fingerprint density at radius 1 is 1.22 bits per heavy atom. The van der Waals surface area contributed by atoms with Crippen molar-refractivity contribution in [1.29, 1.82) is 0 Å². The number of aliphatic hydroxyl groups excluding tert-OH is 2. The highest BCUT2D eigenvalue weighted by Crippen LogP contribution is 2.53. The normalized spacial score (nSPS) is 27.4. The number of benzene rings is 1. The van der Waals surface area contributed by atoms with Crippen LogP contribution < -0.4 is 10.6 Å². The molecule has 12 nitrogen and oxygen atoms in total. The number of carbonyl (C=O) groups excluding carboxylic acids is 3. The molecule has 0 bridgehead atoms. The Morgan fingerprint density at radius 3 is 2.41 bits per heavy atom. The summed E-state index contributed by atoms with van der Waals surface area (Å²) < 4.78 is 0. The summed E-state index contributed by atoms with van der Waals surface area (Å²) in [5.41, 5.74) is 3.00. The minimum absolute atomic E-state index is 0.0138. The van der Waals surface area contributed by atoms with Gasteiger partial charge >= 0.3 is 0 Å². The number of phenolic OH excluding ortho intramolecular Hbond substituents is 1. The molecule has 1 amide bonds. The van der Waals surface area contributed by atoms with Gasteiger partial charge in [0.15, 0.2) is 11.4 Å². The first-order valence-electron chi connectivity index (χ1n) is 11.6. The van der Waals surface area contributed by atoms with Gasteiger partial charge in [-0.3, -0.25) is 19.3 Å². The van der Waals surface area contributed by atoms with Gasteiger partial charge in [0.25, 0.3) is 5.91 Å². The van der Waals surface area contributed by atoms with Crippen molar-refractivity contribution in [2.45, 2.75) is 24.5 Å². The first-order valence-corrected chi connectivity index (χ1v) is 11.6. The number of aliphatic hydroxyl groups is 3. The minimum Gasteiger partial charge on any atom is -0.508 e. The Labute approximate surface area is 212 Å². The van der Waals surface area contributed by atoms with Gasteiger partial charge in [-0.1, -0.05) is 5.16 Å². The van der Waals surface area contributed by atoms with Crippen molar-refractivity contribution in [3.63, 3.8) is 0 Å². The smallest absolute Gasteiger partial charge is 0.255 e. The lowest BCUT2D eigenvalue weighted by atomic mass is 9.57. The average molecular weight is 515 g/mol. The van der Waals surface area contributed by atoms with Crippen molar-refractivity contribution in [3.8, 4) is 5.75 Å². The van der Waals surface area contributed by atoms with Gasteiger partial charge in [0.2, 0.25) is 5.78 Å². The summed E-state index contributed by atoms with van der Waals surface area (Å²) in [4.78, 5) is 47.1. The number of amides is 1. The number of likely N-dealkylation sites (N-methyl/N-ethyl adjacent to an activating group) is 1. The number of aromatic hydroxyl groups is 1. The fourth-order valence-corrected chi connectivity index (χ4v) is 5.92. The number of anilines is 1. The number of oxime groups is 1. The van der Waals surface area contributed by atoms with E-state index >= 15 is 0 Å². The van der Waals surface area contributed by atoms with Crippen LogP contribution in [0, 0.1) is 11.8 Å². The van der Waals surface area contributed by atoms with E-state index in [0.717, 1.165) is 0 Å². The molecule has 0 saturated heterocycles. The van der Waals surface area contributed by atoms with E-state index in [4.69, 9.17) is 10.6 Å². The third kappa shape index (κ3) is 3.58. The zero-order valence-electron chi connectivity index (χ0n) is 21.1. The maximum atomic E-state index is 13.9. The first kappa shape index (κ1) is 26.2. The third-order valence-corrected chi connectivity index (χ3v) is 7.51. The van der Waals surface area contributed by atoms with Crippen molar-refractivity contribution >= 4 is 35.1 Å². The summed E-state index contributed by atoms with van der Waals surface area (Å²) in [6, 6.07) is 0.531. The molecule has 12 heteroatoms. The number of hydrogen-bond acceptors (Lipinski definition) is 11. The second kappa shape index (κ2) is 8.89. The maximum Gasteiger partial charge on any atom is 0.255 e. The molecule has 0 aliphatic heterocycles. The predicted octanol–water partition coefficient (Wildman–Crippen LogP) is 0.0103. The number of carbonyl (C=O) groups is 3. The molecular formula is C25H30N4O8. The fourth-order valence-electron chi connectivity index (χ4n) is 5.92. The van der Waals surface area contributed by atoms with Crippen molar-refractivity contribution < 1.29 is 39.6 Å². The van der Waals surface area contributed by atoms with Gasteiger partial charge < -0.3 is 35.9 Å². The molecule has 4 atom stereocenters. The molecule has 0 heterocycles. The van der Waals surface area contributed by atoms with E-state index in [1.54, 1.807) is 39.2 Å². The van der Waals surface area contributed by atoms with Crippen LogP contribution in [0.25, 0.3) is 5.76 Å². The molecule has 0 spiro atoms. The molecule has 3 aliphatic carbocycles. The van der Waals surface area contributed by atoms with Crippen molar-refractivity contribution in [3.05, 3.63) is 39.7 Å². The van der Waals surface area contributed by atoms with E-state index in [1.807, 2.05) is 0 Å². The number of rotatable bonds is 5. The van der Waals surface area contributed by atoms with E-state index in [-0.39, 0.29) is 35.3 Å². The van der Waals surface area contributed by atoms with E-state index < -0.39 is 58.0 Å². The largest absolute Gasteiger partial charge is 0.508 e. The number of phenols is 1. The van der Waals surface area contributed by atoms with E-state index in [9.17, 15) is 34.8 Å². The summed E-state index contributed by atoms with van der Waals surface area (Å²) in [7, 11) is 8.00. The van der Waals surface area contributed by atoms with Crippen LogP contribution in [-0.4, -0.2) is 96.0 Å². The van der Waals surface area contributed by atoms with Gasteiger partial charge in [0.05, 0.1) is 17.8 Å². The van der Waals surface area contributed by atoms with E-state index in [0.29, 0.717) is 11.3 Å². The second-order valence-corrected chi connectivity index (χ2v) is 9.96. The molecule has 1 saturated carbocycles. The van der Waals surface area contributed by atoms with Crippen LogP contribution >= 0.6 is 0 Å². The summed E-state index contributed by atoms with van der Waals surface area (Å²) >= 11 is 0. The second-order valence-electron chi connectivity index (χ2n) is 9.96. The number of hydrogen-bond donors (Lipinski definition) is 5. The number of fused-ring (bicyclic) bond motifs is 3. The van der Waals surface area contributed by atoms with Gasteiger partial charge in [-0.2, -0.15) is 0 Å². The highest BCUT2D eigenvalue weighted by molar-refractivity contribution is 6.24. The quantitative estimate of drug-likeness (QED) is 0.204. The Morgan fingerprint density at radius 2 is 1.86 bits per heavy atom. The SMILES string of the molecule is CO/N=C/c1cc(N(C)C)c2c(c1O)C(O)=C1C(=O)[C@]3(O)C(O)=C(C(N)=O)C(=O)[C@@H](N(C)C)C3CC1C2. The minimum atomic E-state index is -2.68. The molecule has 37 heavy (non-hydrogen) atoms. The van der Waals surface area contributed by atoms with E-state index in [1.165, 1.54) is 18.2 Å². The molecule has 0 aromatic heterocycles. The van der Waals surface area contributed by atoms with Crippen LogP contribution in [0.4, 0.5) is 5.69 Å². The molecule has 4 rings (SSSR count). The highest BCUT2D eigenvalue weighted by Gasteiger charge is 2.64. The van der Waals surface area contributed by atoms with Crippen LogP contribution in [0.1, 0.15) is 23.1 Å². The molecule has 2 unspecified atom stereocenters. The van der Waals surface area contributed by atoms with Crippen LogP contribution in [-0.2, 0) is 25.6 Å². The van der Waals surface area contributed by atoms with Crippen LogP contribution in [0.3, 0.4) is 0 Å². The third-order valence-electron chi connectivity index (χ3n) is 7.51. The average Bonchev–Trinajstić information content (AvgIpc) is 2.80. The van der Waals surface area contributed by atoms with Crippen LogP contribution in [0.5, 0.6) is 5.75 Å². The molecular weight excluding hydrogens is 484 g/mol. The van der Waals surface area contributed by atoms with Gasteiger partial charge in [-0.25, -0.2) is 0 Å². The molecule has 1 fully saturated rings. The van der Waals surface area contributed by atoms with Crippen LogP contribution in [0.15, 0.2) is 28.1 Å². The predicted molar refractivity (Wildman–Crippen MR) is 133 cm³/mol. The molecule has 6 N–H and O–H groups in total. The lowest BCUT2D eigenvalue weighted by molar-refractivity contribution is -0.153. The highest BCUT2D eigenvalue weighted by atomic mass is 16.6. The monoisotopic (exact) mass is 514 g/mol. The number of Topliss-reactive ketones (excluding diaryl/α,β-unsaturated/α-hetero) is 2. The standard InChI is InChI=1S/C25H30N4O8/c1-28(2)14-8-11(9-27-37-5)19(30)16-12(14)6-10-7-13-18(29(3)4)21(32)17(24(26)35)23(34)25(13,36)22(33)15(10)20(16)31/h8-10,13,18,30-31,34,36H,6-7H2,1-5H3,(H2,26,35)/b27-9+/t10?,13?,18-,25-/m0/s1. The molecule has 198 valence electrons. The van der Waals surface area contributed by atoms with Crippen LogP contribution in [0.2, 0.25) is 0 Å². The lowest BCUT2D eigenvalue weighted by Crippen LogP contribution is -2.65. The summed E-state index contributed by atoms with van der Waals surface area (Å²) in [6.45, 7) is 0. The van der Waals surface area contributed by atoms with Crippen molar-refractivity contribution in [2.75, 3.05) is 40.2 Å².